The third kappa shape index (κ3) is 4.73. The lowest BCUT2D eigenvalue weighted by Gasteiger charge is -2.13. The Bertz CT molecular complexity index is 729. The first-order valence-corrected chi connectivity index (χ1v) is 8.14. The number of rotatable bonds is 6. The summed E-state index contributed by atoms with van der Waals surface area (Å²) in [6, 6.07) is 10.7. The van der Waals surface area contributed by atoms with E-state index in [1.165, 1.54) is 0 Å². The number of methoxy groups -OCH3 is 1. The third-order valence-electron chi connectivity index (χ3n) is 3.54. The van der Waals surface area contributed by atoms with Crippen LogP contribution in [-0.2, 0) is 11.3 Å². The number of hydrogen-bond acceptors (Lipinski definition) is 3. The molecule has 0 aliphatic rings. The van der Waals surface area contributed by atoms with Crippen molar-refractivity contribution in [2.75, 3.05) is 12.4 Å². The van der Waals surface area contributed by atoms with Crippen molar-refractivity contribution >= 4 is 23.2 Å². The molecule has 5 heteroatoms. The molecule has 4 nitrogen and oxygen atoms in total. The first-order valence-electron chi connectivity index (χ1n) is 7.76. The minimum Gasteiger partial charge on any atom is -0.496 e. The molecular formula is C19H22ClNO3. The molecule has 0 saturated heterocycles. The summed E-state index contributed by atoms with van der Waals surface area (Å²) >= 11 is 6.09. The van der Waals surface area contributed by atoms with Crippen molar-refractivity contribution in [2.24, 2.45) is 0 Å². The molecule has 1 N–H and O–H groups in total. The molecule has 0 spiro atoms. The van der Waals surface area contributed by atoms with E-state index >= 15 is 0 Å². The number of nitrogens with one attached hydrogen (secondary N) is 1. The second kappa shape index (κ2) is 8.18. The minimum absolute atomic E-state index is 0.0990. The van der Waals surface area contributed by atoms with Crippen LogP contribution in [0.4, 0.5) is 5.69 Å². The van der Waals surface area contributed by atoms with E-state index in [1.807, 2.05) is 32.9 Å². The van der Waals surface area contributed by atoms with E-state index in [-0.39, 0.29) is 12.0 Å². The summed E-state index contributed by atoms with van der Waals surface area (Å²) in [5.74, 6) is 0.494. The Labute approximate surface area is 147 Å². The quantitative estimate of drug-likeness (QED) is 0.813. The van der Waals surface area contributed by atoms with Crippen molar-refractivity contribution in [1.82, 2.24) is 0 Å². The molecule has 128 valence electrons. The Balaban J connectivity index is 2.19. The zero-order chi connectivity index (χ0) is 17.7. The van der Waals surface area contributed by atoms with Gasteiger partial charge in [0.25, 0.3) is 5.91 Å². The maximum Gasteiger partial charge on any atom is 0.255 e. The van der Waals surface area contributed by atoms with Crippen LogP contribution in [0.3, 0.4) is 0 Å². The van der Waals surface area contributed by atoms with Crippen molar-refractivity contribution in [2.45, 2.75) is 33.5 Å². The molecule has 0 unspecified atom stereocenters. The number of benzene rings is 2. The molecule has 0 aliphatic heterocycles. The highest BCUT2D eigenvalue weighted by Crippen LogP contribution is 2.23. The Morgan fingerprint density at radius 1 is 1.21 bits per heavy atom. The first kappa shape index (κ1) is 18.3. The van der Waals surface area contributed by atoms with Gasteiger partial charge < -0.3 is 14.8 Å². The van der Waals surface area contributed by atoms with Gasteiger partial charge in [-0.1, -0.05) is 17.7 Å². The lowest BCUT2D eigenvalue weighted by molar-refractivity contribution is 0.0644. The summed E-state index contributed by atoms with van der Waals surface area (Å²) < 4.78 is 11.0. The second-order valence-corrected chi connectivity index (χ2v) is 6.21. The Morgan fingerprint density at radius 2 is 1.96 bits per heavy atom. The number of carbonyl (C=O) groups excluding carboxylic acids is 1. The number of halogens is 1. The lowest BCUT2D eigenvalue weighted by atomic mass is 10.1. The van der Waals surface area contributed by atoms with E-state index in [4.69, 9.17) is 21.1 Å². The van der Waals surface area contributed by atoms with E-state index in [9.17, 15) is 4.79 Å². The average molecular weight is 348 g/mol. The van der Waals surface area contributed by atoms with Gasteiger partial charge in [-0.2, -0.15) is 0 Å². The molecule has 0 heterocycles. The topological polar surface area (TPSA) is 47.6 Å². The molecule has 0 fully saturated rings. The standard InChI is InChI=1S/C19H22ClNO3/c1-12(2)24-11-15-9-14(6-8-18(15)23-4)19(22)21-16-7-5-13(3)17(20)10-16/h5-10,12H,11H2,1-4H3,(H,21,22). The van der Waals surface area contributed by atoms with Gasteiger partial charge in [-0.3, -0.25) is 4.79 Å². The molecule has 0 bridgehead atoms. The first-order chi connectivity index (χ1) is 11.4. The number of carbonyl (C=O) groups is 1. The van der Waals surface area contributed by atoms with Crippen LogP contribution >= 0.6 is 11.6 Å². The number of hydrogen-bond donors (Lipinski definition) is 1. The molecule has 24 heavy (non-hydrogen) atoms. The van der Waals surface area contributed by atoms with Gasteiger partial charge in [0.15, 0.2) is 0 Å². The maximum absolute atomic E-state index is 12.5. The van der Waals surface area contributed by atoms with Crippen molar-refractivity contribution in [3.8, 4) is 5.75 Å². The highest BCUT2D eigenvalue weighted by atomic mass is 35.5. The molecule has 2 aromatic rings. The summed E-state index contributed by atoms with van der Waals surface area (Å²) in [5.41, 5.74) is 2.99. The Kier molecular flexibility index (Phi) is 6.23. The molecular weight excluding hydrogens is 326 g/mol. The van der Waals surface area contributed by atoms with Gasteiger partial charge >= 0.3 is 0 Å². The lowest BCUT2D eigenvalue weighted by Crippen LogP contribution is -2.13. The minimum atomic E-state index is -0.205. The predicted octanol–water partition coefficient (Wildman–Crippen LogP) is 4.83. The van der Waals surface area contributed by atoms with Crippen LogP contribution in [0.2, 0.25) is 5.02 Å². The fourth-order valence-electron chi connectivity index (χ4n) is 2.16. The van der Waals surface area contributed by atoms with Gasteiger partial charge in [0, 0.05) is 21.8 Å². The SMILES string of the molecule is COc1ccc(C(=O)Nc2ccc(C)c(Cl)c2)cc1COC(C)C. The van der Waals surface area contributed by atoms with Crippen LogP contribution in [0.5, 0.6) is 5.75 Å². The van der Waals surface area contributed by atoms with E-state index < -0.39 is 0 Å². The van der Waals surface area contributed by atoms with Crippen LogP contribution in [0.15, 0.2) is 36.4 Å². The summed E-state index contributed by atoms with van der Waals surface area (Å²) in [6.45, 7) is 6.23. The number of amides is 1. The Morgan fingerprint density at radius 3 is 2.58 bits per heavy atom. The van der Waals surface area contributed by atoms with Gasteiger partial charge in [-0.15, -0.1) is 0 Å². The summed E-state index contributed by atoms with van der Waals surface area (Å²) in [5, 5.41) is 3.47. The van der Waals surface area contributed by atoms with Crippen molar-refractivity contribution in [3.05, 3.63) is 58.1 Å². The average Bonchev–Trinajstić information content (AvgIpc) is 2.56. The molecule has 0 saturated carbocycles. The van der Waals surface area contributed by atoms with Crippen LogP contribution < -0.4 is 10.1 Å². The van der Waals surface area contributed by atoms with Crippen LogP contribution in [-0.4, -0.2) is 19.1 Å². The van der Waals surface area contributed by atoms with Crippen molar-refractivity contribution in [1.29, 1.82) is 0 Å². The van der Waals surface area contributed by atoms with Gasteiger partial charge in [-0.25, -0.2) is 0 Å². The molecule has 0 atom stereocenters. The monoisotopic (exact) mass is 347 g/mol. The van der Waals surface area contributed by atoms with Gasteiger partial charge in [0.05, 0.1) is 19.8 Å². The van der Waals surface area contributed by atoms with Crippen molar-refractivity contribution in [3.63, 3.8) is 0 Å². The second-order valence-electron chi connectivity index (χ2n) is 5.80. The predicted molar refractivity (Wildman–Crippen MR) is 97.1 cm³/mol. The van der Waals surface area contributed by atoms with Crippen LogP contribution in [0.1, 0.15) is 35.3 Å². The number of ether oxygens (including phenoxy) is 2. The van der Waals surface area contributed by atoms with E-state index in [0.717, 1.165) is 11.1 Å². The summed E-state index contributed by atoms with van der Waals surface area (Å²) in [4.78, 5) is 12.5. The Hall–Kier alpha value is -2.04. The molecule has 0 aliphatic carbocycles. The molecule has 0 aromatic heterocycles. The van der Waals surface area contributed by atoms with E-state index in [0.29, 0.717) is 28.6 Å². The zero-order valence-electron chi connectivity index (χ0n) is 14.4. The maximum atomic E-state index is 12.5. The van der Waals surface area contributed by atoms with Crippen LogP contribution in [0.25, 0.3) is 0 Å². The normalized spacial score (nSPS) is 10.8. The fraction of sp³-hybridized carbons (Fsp3) is 0.316. The summed E-state index contributed by atoms with van der Waals surface area (Å²) in [7, 11) is 1.60. The number of anilines is 1. The van der Waals surface area contributed by atoms with Gasteiger partial charge in [0.2, 0.25) is 0 Å². The van der Waals surface area contributed by atoms with Gasteiger partial charge in [-0.05, 0) is 56.7 Å². The largest absolute Gasteiger partial charge is 0.496 e. The van der Waals surface area contributed by atoms with Crippen molar-refractivity contribution < 1.29 is 14.3 Å². The smallest absolute Gasteiger partial charge is 0.255 e. The van der Waals surface area contributed by atoms with E-state index in [1.54, 1.807) is 31.4 Å². The molecule has 2 rings (SSSR count). The fourth-order valence-corrected chi connectivity index (χ4v) is 2.34. The highest BCUT2D eigenvalue weighted by molar-refractivity contribution is 6.31. The van der Waals surface area contributed by atoms with Gasteiger partial charge in [0.1, 0.15) is 5.75 Å². The number of aryl methyl sites for hydroxylation is 1. The molecule has 2 aromatic carbocycles. The third-order valence-corrected chi connectivity index (χ3v) is 3.95. The highest BCUT2D eigenvalue weighted by Gasteiger charge is 2.12. The molecule has 1 amide bonds. The van der Waals surface area contributed by atoms with E-state index in [2.05, 4.69) is 5.32 Å². The molecule has 0 radical (unpaired) electrons. The summed E-state index contributed by atoms with van der Waals surface area (Å²) in [6.07, 6.45) is 0.0990. The van der Waals surface area contributed by atoms with Crippen LogP contribution in [0, 0.1) is 6.92 Å². The zero-order valence-corrected chi connectivity index (χ0v) is 15.1.